The molecule has 1 unspecified atom stereocenters. The monoisotopic (exact) mass is 810 g/mol. The minimum absolute atomic E-state index is 0.0510. The fourth-order valence-corrected chi connectivity index (χ4v) is 12.6. The molecule has 0 spiro atoms. The normalized spacial score (nSPS) is 18.1. The first-order chi connectivity index (χ1) is 26.5. The van der Waals surface area contributed by atoms with Gasteiger partial charge >= 0.3 is 15.5 Å². The first-order valence-electron chi connectivity index (χ1n) is 21.1. The Morgan fingerprint density at radius 3 is 1.57 bits per heavy atom. The zero-order valence-corrected chi connectivity index (χ0v) is 37.2. The Morgan fingerprint density at radius 2 is 1.09 bits per heavy atom. The molecule has 56 heavy (non-hydrogen) atoms. The highest BCUT2D eigenvalue weighted by Crippen LogP contribution is 2.58. The van der Waals surface area contributed by atoms with Gasteiger partial charge in [0.05, 0.1) is 34.4 Å². The van der Waals surface area contributed by atoms with Crippen molar-refractivity contribution in [2.45, 2.75) is 141 Å². The van der Waals surface area contributed by atoms with Crippen LogP contribution in [0.2, 0.25) is 0 Å². The van der Waals surface area contributed by atoms with E-state index < -0.39 is 26.7 Å². The van der Waals surface area contributed by atoms with Crippen LogP contribution in [-0.2, 0) is 40.1 Å². The molecule has 2 saturated carbocycles. The minimum atomic E-state index is -3.85. The number of nitrogens with zero attached hydrogens (tertiary/aromatic N) is 4. The van der Waals surface area contributed by atoms with Crippen LogP contribution < -0.4 is 0 Å². The molecule has 2 aromatic carbocycles. The van der Waals surface area contributed by atoms with Gasteiger partial charge in [0.25, 0.3) is 0 Å². The fourth-order valence-electron chi connectivity index (χ4n) is 8.15. The third-order valence-electron chi connectivity index (χ3n) is 11.2. The number of hydrogen-bond donors (Lipinski definition) is 0. The molecule has 2 aliphatic rings. The summed E-state index contributed by atoms with van der Waals surface area (Å²) in [5.74, 6) is 0. The molecule has 2 aliphatic carbocycles. The van der Waals surface area contributed by atoms with Crippen molar-refractivity contribution in [3.8, 4) is 0 Å². The van der Waals surface area contributed by atoms with Gasteiger partial charge in [0.1, 0.15) is 0 Å². The molecule has 4 aromatic rings. The maximum Gasteiger partial charge on any atom is 0.440 e. The molecule has 1 atom stereocenters. The number of fused-ring (bicyclic) bond motifs is 2. The predicted molar refractivity (Wildman–Crippen MR) is 230 cm³/mol. The third-order valence-corrected chi connectivity index (χ3v) is 15.5. The molecule has 2 fully saturated rings. The average molecular weight is 811 g/mol. The quantitative estimate of drug-likeness (QED) is 0.0918. The van der Waals surface area contributed by atoms with Gasteiger partial charge < -0.3 is 9.80 Å². The summed E-state index contributed by atoms with van der Waals surface area (Å²) in [4.78, 5) is 4.44. The predicted octanol–water partition coefficient (Wildman–Crippen LogP) is 11.5. The molecule has 0 bridgehead atoms. The van der Waals surface area contributed by atoms with Gasteiger partial charge in [-0.25, -0.2) is 9.13 Å². The lowest BCUT2D eigenvalue weighted by Crippen LogP contribution is -2.33. The van der Waals surface area contributed by atoms with E-state index in [1.54, 1.807) is 4.34 Å². The van der Waals surface area contributed by atoms with Crippen LogP contribution >= 0.6 is 15.5 Å². The summed E-state index contributed by atoms with van der Waals surface area (Å²) in [6, 6.07) is 16.3. The zero-order chi connectivity index (χ0) is 40.1. The van der Waals surface area contributed by atoms with Crippen molar-refractivity contribution in [3.63, 3.8) is 0 Å². The van der Waals surface area contributed by atoms with Crippen LogP contribution in [0.15, 0.2) is 60.9 Å². The van der Waals surface area contributed by atoms with E-state index in [1.807, 2.05) is 87.7 Å². The van der Waals surface area contributed by atoms with Gasteiger partial charge in [-0.2, -0.15) is 0 Å². The first-order valence-corrected chi connectivity index (χ1v) is 24.0. The molecule has 2 aromatic heterocycles. The standard InChI is InChI=1S/C44H68N4O6P2/c1-43(2,3)53-56(50,48-34-35(27-30-45(6)7)39-23-16-18-26-42(39)48)54-44(4,5)29-32-46(8)31-28-36-33-47(41-25-17-15-24-40(36)41)55(49,51-37-19-11-9-12-20-37)52-38-21-13-10-14-22-38/h15-18,23-26,33-34,37-38H,9-14,19-22,27-32H2,1-8H3. The summed E-state index contributed by atoms with van der Waals surface area (Å²) < 4.78 is 59.9. The Labute approximate surface area is 336 Å². The lowest BCUT2D eigenvalue weighted by atomic mass is 9.98. The van der Waals surface area contributed by atoms with Gasteiger partial charge in [-0.15, -0.1) is 0 Å². The topological polar surface area (TPSA) is 87.4 Å². The summed E-state index contributed by atoms with van der Waals surface area (Å²) in [7, 11) is -1.26. The Kier molecular flexibility index (Phi) is 14.2. The molecule has 0 saturated heterocycles. The van der Waals surface area contributed by atoms with Crippen molar-refractivity contribution in [1.29, 1.82) is 0 Å². The van der Waals surface area contributed by atoms with Crippen LogP contribution in [0.3, 0.4) is 0 Å². The Balaban J connectivity index is 1.17. The number of rotatable bonds is 18. The van der Waals surface area contributed by atoms with Crippen molar-refractivity contribution in [3.05, 3.63) is 72.1 Å². The highest BCUT2D eigenvalue weighted by molar-refractivity contribution is 7.52. The van der Waals surface area contributed by atoms with Gasteiger partial charge in [-0.1, -0.05) is 74.9 Å². The molecule has 6 rings (SSSR count). The van der Waals surface area contributed by atoms with E-state index in [9.17, 15) is 0 Å². The molecule has 0 radical (unpaired) electrons. The van der Waals surface area contributed by atoms with Gasteiger partial charge in [-0.05, 0) is 124 Å². The van der Waals surface area contributed by atoms with E-state index in [-0.39, 0.29) is 12.2 Å². The summed E-state index contributed by atoms with van der Waals surface area (Å²) >= 11 is 0. The molecule has 0 N–H and O–H groups in total. The molecule has 10 nitrogen and oxygen atoms in total. The second kappa shape index (κ2) is 18.3. The van der Waals surface area contributed by atoms with Crippen molar-refractivity contribution in [2.75, 3.05) is 40.8 Å². The number of benzene rings is 2. The molecule has 12 heteroatoms. The van der Waals surface area contributed by atoms with E-state index in [2.05, 4.69) is 43.1 Å². The highest BCUT2D eigenvalue weighted by atomic mass is 31.2. The van der Waals surface area contributed by atoms with Gasteiger partial charge in [0, 0.05) is 42.8 Å². The van der Waals surface area contributed by atoms with Crippen molar-refractivity contribution in [2.24, 2.45) is 0 Å². The minimum Gasteiger partial charge on any atom is -0.309 e. The van der Waals surface area contributed by atoms with E-state index >= 15 is 9.13 Å². The Bertz CT molecular complexity index is 1960. The van der Waals surface area contributed by atoms with Gasteiger partial charge in [0.15, 0.2) is 0 Å². The number of hydrogen-bond acceptors (Lipinski definition) is 8. The van der Waals surface area contributed by atoms with Crippen molar-refractivity contribution < 1.29 is 27.2 Å². The summed E-state index contributed by atoms with van der Waals surface area (Å²) in [5, 5.41) is 2.14. The number of likely N-dealkylation sites (N-methyl/N-ethyl adjacent to an activating group) is 2. The first kappa shape index (κ1) is 43.3. The fraction of sp³-hybridized carbons (Fsp3) is 0.636. The van der Waals surface area contributed by atoms with Crippen molar-refractivity contribution >= 4 is 37.3 Å². The molecular weight excluding hydrogens is 742 g/mol. The van der Waals surface area contributed by atoms with Crippen LogP contribution in [0.1, 0.15) is 116 Å². The molecule has 0 aliphatic heterocycles. The Morgan fingerprint density at radius 1 is 0.625 bits per heavy atom. The summed E-state index contributed by atoms with van der Waals surface area (Å²) in [6.45, 7) is 12.1. The lowest BCUT2D eigenvalue weighted by Gasteiger charge is -2.35. The van der Waals surface area contributed by atoms with Crippen LogP contribution in [0.4, 0.5) is 0 Å². The van der Waals surface area contributed by atoms with E-state index in [0.29, 0.717) is 6.42 Å². The molecular formula is C44H68N4O6P2. The zero-order valence-electron chi connectivity index (χ0n) is 35.4. The highest BCUT2D eigenvalue weighted by Gasteiger charge is 2.41. The average Bonchev–Trinajstić information content (AvgIpc) is 3.72. The lowest BCUT2D eigenvalue weighted by molar-refractivity contribution is 0.0276. The largest absolute Gasteiger partial charge is 0.440 e. The summed E-state index contributed by atoms with van der Waals surface area (Å²) in [5.41, 5.74) is 2.51. The van der Waals surface area contributed by atoms with Crippen molar-refractivity contribution in [1.82, 2.24) is 18.5 Å². The smallest absolute Gasteiger partial charge is 0.309 e. The Hall–Kier alpha value is -2.26. The third kappa shape index (κ3) is 11.1. The maximum atomic E-state index is 15.1. The van der Waals surface area contributed by atoms with E-state index in [4.69, 9.17) is 18.1 Å². The van der Waals surface area contributed by atoms with E-state index in [1.165, 1.54) is 12.8 Å². The van der Waals surface area contributed by atoms with Crippen LogP contribution in [-0.4, -0.2) is 82.7 Å². The van der Waals surface area contributed by atoms with Gasteiger partial charge in [0.2, 0.25) is 0 Å². The molecule has 2 heterocycles. The number of aromatic nitrogens is 2. The second-order valence-electron chi connectivity index (χ2n) is 18.1. The maximum absolute atomic E-state index is 15.1. The number of para-hydroxylation sites is 2. The van der Waals surface area contributed by atoms with E-state index in [0.717, 1.165) is 117 Å². The van der Waals surface area contributed by atoms with Gasteiger partial charge in [-0.3, -0.25) is 26.8 Å². The van der Waals surface area contributed by atoms with Crippen LogP contribution in [0.5, 0.6) is 0 Å². The summed E-state index contributed by atoms with van der Waals surface area (Å²) in [6.07, 6.45) is 16.6. The second-order valence-corrected chi connectivity index (χ2v) is 21.6. The molecule has 0 amide bonds. The SMILES string of the molecule is CN(C)CCc1cn(P(=O)(OC(C)(C)C)OC(C)(C)CCN(C)CCc2cn(P(=O)(OC3CCCCC3)OC3CCCCC3)c3ccccc23)c2ccccc12. The molecule has 310 valence electrons. The van der Waals surface area contributed by atoms with Crippen LogP contribution in [0, 0.1) is 0 Å². The van der Waals surface area contributed by atoms with Crippen LogP contribution in [0.25, 0.3) is 21.8 Å².